The van der Waals surface area contributed by atoms with E-state index in [1.807, 2.05) is 19.0 Å². The number of hydrogen-bond donors (Lipinski definition) is 1. The van der Waals surface area contributed by atoms with Crippen LogP contribution in [-0.4, -0.2) is 73.5 Å². The van der Waals surface area contributed by atoms with E-state index >= 15 is 0 Å². The van der Waals surface area contributed by atoms with E-state index in [9.17, 15) is 9.59 Å². The molecule has 32 heavy (non-hydrogen) atoms. The third-order valence-corrected chi connectivity index (χ3v) is 8.04. The Hall–Kier alpha value is -2.08. The molecule has 1 N–H and O–H groups in total. The summed E-state index contributed by atoms with van der Waals surface area (Å²) in [5.41, 5.74) is 3.06. The minimum absolute atomic E-state index is 0. The lowest BCUT2D eigenvalue weighted by atomic mass is 9.63. The van der Waals surface area contributed by atoms with Crippen molar-refractivity contribution in [2.75, 3.05) is 46.8 Å². The van der Waals surface area contributed by atoms with E-state index in [2.05, 4.69) is 34.5 Å². The Balaban J connectivity index is 0.00000306. The summed E-state index contributed by atoms with van der Waals surface area (Å²) in [6.45, 7) is 6.86. The van der Waals surface area contributed by atoms with Crippen LogP contribution in [0, 0.1) is 5.92 Å². The van der Waals surface area contributed by atoms with Crippen molar-refractivity contribution in [3.63, 3.8) is 0 Å². The summed E-state index contributed by atoms with van der Waals surface area (Å²) in [5.74, 6) is 0.682. The van der Waals surface area contributed by atoms with Crippen LogP contribution in [0.3, 0.4) is 0 Å². The van der Waals surface area contributed by atoms with Gasteiger partial charge in [0, 0.05) is 35.5 Å². The van der Waals surface area contributed by atoms with Gasteiger partial charge in [-0.05, 0) is 87.0 Å². The second kappa shape index (κ2) is 9.82. The fourth-order valence-corrected chi connectivity index (χ4v) is 6.24. The lowest BCUT2D eigenvalue weighted by molar-refractivity contribution is -0.119. The van der Waals surface area contributed by atoms with E-state index < -0.39 is 0 Å². The first-order valence-corrected chi connectivity index (χ1v) is 12.4. The molecular weight excluding hydrogens is 400 g/mol. The van der Waals surface area contributed by atoms with Crippen molar-refractivity contribution in [1.82, 2.24) is 20.0 Å². The Morgan fingerprint density at radius 3 is 2.59 bits per heavy atom. The second-order valence-electron chi connectivity index (χ2n) is 10.4. The summed E-state index contributed by atoms with van der Waals surface area (Å²) < 4.78 is 0. The van der Waals surface area contributed by atoms with Gasteiger partial charge in [0.1, 0.15) is 0 Å². The maximum Gasteiger partial charge on any atom is 0.319 e. The molecule has 2 fully saturated rings. The molecule has 6 nitrogen and oxygen atoms in total. The number of piperidine rings is 2. The molecule has 0 aromatic heterocycles. The van der Waals surface area contributed by atoms with Crippen molar-refractivity contribution in [1.29, 1.82) is 0 Å². The number of likely N-dealkylation sites (tertiary alicyclic amines) is 2. The Morgan fingerprint density at radius 1 is 1.12 bits per heavy atom. The smallest absolute Gasteiger partial charge is 0.319 e. The summed E-state index contributed by atoms with van der Waals surface area (Å²) >= 11 is 0. The molecule has 1 aromatic rings. The average molecular weight is 443 g/mol. The van der Waals surface area contributed by atoms with Crippen LogP contribution in [-0.2, 0) is 10.2 Å². The van der Waals surface area contributed by atoms with Gasteiger partial charge in [-0.1, -0.05) is 24.3 Å². The molecule has 1 aliphatic carbocycles. The van der Waals surface area contributed by atoms with Crippen LogP contribution < -0.4 is 5.32 Å². The molecule has 3 aliphatic rings. The second-order valence-corrected chi connectivity index (χ2v) is 10.4. The zero-order chi connectivity index (χ0) is 22.7. The van der Waals surface area contributed by atoms with E-state index in [0.29, 0.717) is 5.92 Å². The van der Waals surface area contributed by atoms with Gasteiger partial charge in [0.2, 0.25) is 5.91 Å². The molecule has 0 radical (unpaired) electrons. The van der Waals surface area contributed by atoms with Gasteiger partial charge in [0.25, 0.3) is 0 Å². The monoisotopic (exact) mass is 442 g/mol. The number of nitrogens with zero attached hydrogens (tertiary/aromatic N) is 3. The third-order valence-electron chi connectivity index (χ3n) is 8.04. The first-order chi connectivity index (χ1) is 15.4. The predicted molar refractivity (Wildman–Crippen MR) is 130 cm³/mol. The standard InChI is InChI=1S/C26H40N4O2.H2/c1-20(31)27-24-10-12-26(23-9-5-4-8-22(23)24)13-17-29(18-14-26)16-11-21-7-6-15-30(19-21)25(32)28(2)3;/h4-5,8-9,21,24H,6-7,10-19H2,1-3H3,(H,27,31);1H. The van der Waals surface area contributed by atoms with Gasteiger partial charge in [0.05, 0.1) is 6.04 Å². The molecule has 2 atom stereocenters. The van der Waals surface area contributed by atoms with Gasteiger partial charge in [-0.25, -0.2) is 4.79 Å². The van der Waals surface area contributed by atoms with E-state index in [1.165, 1.54) is 36.8 Å². The number of urea groups is 1. The van der Waals surface area contributed by atoms with Crippen molar-refractivity contribution in [3.8, 4) is 0 Å². The minimum atomic E-state index is 0. The lowest BCUT2D eigenvalue weighted by Gasteiger charge is -2.47. The van der Waals surface area contributed by atoms with Crippen LogP contribution in [0.1, 0.15) is 70.5 Å². The highest BCUT2D eigenvalue weighted by Crippen LogP contribution is 2.47. The van der Waals surface area contributed by atoms with Crippen molar-refractivity contribution >= 4 is 11.9 Å². The van der Waals surface area contributed by atoms with Crippen LogP contribution in [0.4, 0.5) is 4.79 Å². The van der Waals surface area contributed by atoms with Gasteiger partial charge in [-0.3, -0.25) is 4.79 Å². The number of fused-ring (bicyclic) bond motifs is 2. The van der Waals surface area contributed by atoms with E-state index in [0.717, 1.165) is 52.0 Å². The highest BCUT2D eigenvalue weighted by molar-refractivity contribution is 5.74. The summed E-state index contributed by atoms with van der Waals surface area (Å²) in [6, 6.07) is 9.10. The van der Waals surface area contributed by atoms with Crippen molar-refractivity contribution in [2.24, 2.45) is 5.92 Å². The Labute approximate surface area is 194 Å². The van der Waals surface area contributed by atoms with E-state index in [4.69, 9.17) is 0 Å². The number of carbonyl (C=O) groups excluding carboxylic acids is 2. The molecule has 1 spiro atoms. The molecule has 2 saturated heterocycles. The van der Waals surface area contributed by atoms with E-state index in [1.54, 1.807) is 11.8 Å². The third kappa shape index (κ3) is 4.95. The molecule has 2 aliphatic heterocycles. The summed E-state index contributed by atoms with van der Waals surface area (Å²) in [7, 11) is 3.69. The van der Waals surface area contributed by atoms with Crippen LogP contribution in [0.15, 0.2) is 24.3 Å². The molecule has 3 amide bonds. The fourth-order valence-electron chi connectivity index (χ4n) is 6.24. The van der Waals surface area contributed by atoms with E-state index in [-0.39, 0.29) is 24.8 Å². The van der Waals surface area contributed by atoms with Crippen LogP contribution in [0.5, 0.6) is 0 Å². The predicted octanol–water partition coefficient (Wildman–Crippen LogP) is 4.02. The molecule has 178 valence electrons. The largest absolute Gasteiger partial charge is 0.350 e. The Bertz CT molecular complexity index is 822. The number of amides is 3. The van der Waals surface area contributed by atoms with Crippen LogP contribution >= 0.6 is 0 Å². The first-order valence-electron chi connectivity index (χ1n) is 12.4. The van der Waals surface area contributed by atoms with Crippen molar-refractivity contribution in [2.45, 2.75) is 63.3 Å². The lowest BCUT2D eigenvalue weighted by Crippen LogP contribution is -2.47. The minimum Gasteiger partial charge on any atom is -0.350 e. The van der Waals surface area contributed by atoms with Gasteiger partial charge in [0.15, 0.2) is 0 Å². The molecule has 1 aromatic carbocycles. The molecule has 4 rings (SSSR count). The summed E-state index contributed by atoms with van der Waals surface area (Å²) in [5, 5.41) is 3.16. The highest BCUT2D eigenvalue weighted by Gasteiger charge is 2.42. The van der Waals surface area contributed by atoms with Crippen molar-refractivity contribution < 1.29 is 11.0 Å². The maximum absolute atomic E-state index is 12.3. The van der Waals surface area contributed by atoms with Gasteiger partial charge < -0.3 is 20.0 Å². The Morgan fingerprint density at radius 2 is 1.88 bits per heavy atom. The molecule has 2 unspecified atom stereocenters. The highest BCUT2D eigenvalue weighted by atomic mass is 16.2. The number of rotatable bonds is 4. The van der Waals surface area contributed by atoms with Gasteiger partial charge in [-0.2, -0.15) is 0 Å². The van der Waals surface area contributed by atoms with Crippen LogP contribution in [0.25, 0.3) is 0 Å². The number of carbonyl (C=O) groups is 2. The number of benzene rings is 1. The molecule has 0 bridgehead atoms. The normalized spacial score (nSPS) is 25.3. The maximum atomic E-state index is 12.3. The quantitative estimate of drug-likeness (QED) is 0.766. The van der Waals surface area contributed by atoms with Crippen LogP contribution in [0.2, 0.25) is 0 Å². The zero-order valence-corrected chi connectivity index (χ0v) is 20.1. The zero-order valence-electron chi connectivity index (χ0n) is 20.1. The average Bonchev–Trinajstić information content (AvgIpc) is 2.80. The summed E-state index contributed by atoms with van der Waals surface area (Å²) in [6.07, 6.45) is 8.15. The molecule has 0 saturated carbocycles. The van der Waals surface area contributed by atoms with Gasteiger partial charge in [-0.15, -0.1) is 0 Å². The summed E-state index contributed by atoms with van der Waals surface area (Å²) in [4.78, 5) is 30.4. The Kier molecular flexibility index (Phi) is 7.08. The van der Waals surface area contributed by atoms with Gasteiger partial charge >= 0.3 is 6.03 Å². The SMILES string of the molecule is CC(=O)NC1CCC2(CCN(CCC3CCCN(C(=O)N(C)C)C3)CC2)c2ccccc21.[HH]. The molecular formula is C26H42N4O2. The number of hydrogen-bond acceptors (Lipinski definition) is 3. The molecule has 6 heteroatoms. The topological polar surface area (TPSA) is 55.9 Å². The molecule has 2 heterocycles. The van der Waals surface area contributed by atoms with Crippen molar-refractivity contribution in [3.05, 3.63) is 35.4 Å². The fraction of sp³-hybridized carbons (Fsp3) is 0.692. The number of nitrogens with one attached hydrogen (secondary N) is 1. The first kappa shape index (κ1) is 23.1.